The molecule has 142 valence electrons. The van der Waals surface area contributed by atoms with Crippen LogP contribution in [0.25, 0.3) is 0 Å². The van der Waals surface area contributed by atoms with Gasteiger partial charge in [0.15, 0.2) is 0 Å². The Bertz CT molecular complexity index is 735. The van der Waals surface area contributed by atoms with Crippen molar-refractivity contribution < 1.29 is 52.4 Å². The molecule has 0 radical (unpaired) electrons. The van der Waals surface area contributed by atoms with Crippen molar-refractivity contribution in [2.45, 2.75) is 24.4 Å². The number of hydrogen-bond acceptors (Lipinski definition) is 10. The van der Waals surface area contributed by atoms with Gasteiger partial charge in [-0.15, -0.1) is 11.3 Å². The maximum Gasteiger partial charge on any atom is 0.481 e. The second-order valence-corrected chi connectivity index (χ2v) is 8.57. The summed E-state index contributed by atoms with van der Waals surface area (Å²) < 4.78 is 35.1. The Kier molecular flexibility index (Phi) is 6.14. The number of primary amides is 1. The largest absolute Gasteiger partial charge is 0.481 e. The molecule has 1 aromatic rings. The number of rotatable bonds is 7. The minimum absolute atomic E-state index is 0.0695. The molecule has 2 rings (SSSR count). The van der Waals surface area contributed by atoms with Crippen LogP contribution in [0.15, 0.2) is 5.38 Å². The fourth-order valence-electron chi connectivity index (χ4n) is 1.95. The molecule has 2 heterocycles. The summed E-state index contributed by atoms with van der Waals surface area (Å²) in [4.78, 5) is 41.0. The average molecular weight is 420 g/mol. The van der Waals surface area contributed by atoms with Gasteiger partial charge < -0.3 is 35.4 Å². The standard InChI is InChI=1S/C9H14N2O11P2S/c10-8(14)3-2-25-9(11-3)7-6(13)5(12)4(21-7)1-20-24(18,19)22-23(15,16)17/h2,4-7,12-13H,1H2,(H2,10,14)(H,18,19)(H2,15,16,17)/t4-,5-,6-,7-/m1/s1. The first-order chi connectivity index (χ1) is 11.4. The highest BCUT2D eigenvalue weighted by Gasteiger charge is 2.46. The van der Waals surface area contributed by atoms with Crippen LogP contribution >= 0.6 is 27.0 Å². The molecule has 1 amide bonds. The number of phosphoric acid groups is 2. The van der Waals surface area contributed by atoms with E-state index in [2.05, 4.69) is 13.8 Å². The topological polar surface area (TPSA) is 219 Å². The molecule has 1 saturated heterocycles. The maximum atomic E-state index is 11.4. The number of aliphatic hydroxyl groups excluding tert-OH is 2. The molecule has 5 atom stereocenters. The third kappa shape index (κ3) is 5.36. The van der Waals surface area contributed by atoms with E-state index in [9.17, 15) is 24.1 Å². The van der Waals surface area contributed by atoms with Crippen LogP contribution in [0.5, 0.6) is 0 Å². The van der Waals surface area contributed by atoms with Crippen LogP contribution in [-0.4, -0.2) is 60.7 Å². The highest BCUT2D eigenvalue weighted by atomic mass is 32.1. The summed E-state index contributed by atoms with van der Waals surface area (Å²) in [5.74, 6) is -0.800. The molecular formula is C9H14N2O11P2S. The molecule has 0 aromatic carbocycles. The lowest BCUT2D eigenvalue weighted by Crippen LogP contribution is -2.33. The van der Waals surface area contributed by atoms with E-state index in [1.165, 1.54) is 5.38 Å². The number of amides is 1. The van der Waals surface area contributed by atoms with Crippen LogP contribution < -0.4 is 5.73 Å². The summed E-state index contributed by atoms with van der Waals surface area (Å²) in [7, 11) is -10.4. The van der Waals surface area contributed by atoms with Gasteiger partial charge in [0.25, 0.3) is 5.91 Å². The van der Waals surface area contributed by atoms with Gasteiger partial charge in [0.1, 0.15) is 35.1 Å². The van der Waals surface area contributed by atoms with Crippen molar-refractivity contribution in [2.75, 3.05) is 6.61 Å². The number of nitrogens with two attached hydrogens (primary N) is 1. The second kappa shape index (κ2) is 7.47. The highest BCUT2D eigenvalue weighted by molar-refractivity contribution is 7.60. The molecule has 7 N–H and O–H groups in total. The number of carbonyl (C=O) groups excluding carboxylic acids is 1. The van der Waals surface area contributed by atoms with Crippen LogP contribution in [0.3, 0.4) is 0 Å². The van der Waals surface area contributed by atoms with E-state index in [-0.39, 0.29) is 10.7 Å². The Hall–Kier alpha value is -0.760. The van der Waals surface area contributed by atoms with Crippen molar-refractivity contribution in [1.82, 2.24) is 4.98 Å². The minimum atomic E-state index is -5.29. The van der Waals surface area contributed by atoms with E-state index in [1.54, 1.807) is 0 Å². The van der Waals surface area contributed by atoms with Gasteiger partial charge in [-0.2, -0.15) is 4.31 Å². The molecule has 1 aliphatic heterocycles. The number of nitrogens with zero attached hydrogens (tertiary/aromatic N) is 1. The number of ether oxygens (including phenoxy) is 1. The highest BCUT2D eigenvalue weighted by Crippen LogP contribution is 2.57. The van der Waals surface area contributed by atoms with E-state index in [0.717, 1.165) is 11.3 Å². The van der Waals surface area contributed by atoms with Crippen LogP contribution in [0.1, 0.15) is 21.6 Å². The summed E-state index contributed by atoms with van der Waals surface area (Å²) >= 11 is 0.934. The number of carbonyl (C=O) groups is 1. The van der Waals surface area contributed by atoms with Gasteiger partial charge in [-0.05, 0) is 0 Å². The van der Waals surface area contributed by atoms with E-state index < -0.39 is 52.6 Å². The SMILES string of the molecule is NC(=O)c1csc([C@@H]2O[C@H](COP(=O)(O)OP(=O)(O)O)[C@@H](O)[C@H]2O)n1. The summed E-state index contributed by atoms with van der Waals surface area (Å²) in [6, 6.07) is 0. The molecular weight excluding hydrogens is 406 g/mol. The van der Waals surface area contributed by atoms with Crippen molar-refractivity contribution in [2.24, 2.45) is 5.73 Å². The number of aromatic nitrogens is 1. The van der Waals surface area contributed by atoms with Crippen molar-refractivity contribution in [3.05, 3.63) is 16.1 Å². The van der Waals surface area contributed by atoms with Crippen LogP contribution in [-0.2, 0) is 22.7 Å². The fraction of sp³-hybridized carbons (Fsp3) is 0.556. The van der Waals surface area contributed by atoms with Gasteiger partial charge in [-0.1, -0.05) is 0 Å². The first-order valence-corrected chi connectivity index (χ1v) is 10.3. The summed E-state index contributed by atoms with van der Waals surface area (Å²) in [6.07, 6.45) is -5.56. The van der Waals surface area contributed by atoms with Gasteiger partial charge in [0.2, 0.25) is 0 Å². The predicted molar refractivity (Wildman–Crippen MR) is 79.2 cm³/mol. The Morgan fingerprint density at radius 1 is 1.32 bits per heavy atom. The van der Waals surface area contributed by atoms with Crippen LogP contribution in [0.2, 0.25) is 0 Å². The summed E-state index contributed by atoms with van der Waals surface area (Å²) in [5.41, 5.74) is 4.99. The zero-order valence-corrected chi connectivity index (χ0v) is 14.7. The third-order valence-electron chi connectivity index (χ3n) is 2.99. The molecule has 0 spiro atoms. The number of aliphatic hydroxyl groups is 2. The van der Waals surface area contributed by atoms with E-state index in [0.29, 0.717) is 0 Å². The van der Waals surface area contributed by atoms with Crippen LogP contribution in [0, 0.1) is 0 Å². The zero-order chi connectivity index (χ0) is 19.0. The Balaban J connectivity index is 2.03. The molecule has 13 nitrogen and oxygen atoms in total. The average Bonchev–Trinajstić information content (AvgIpc) is 3.02. The molecule has 1 fully saturated rings. The first-order valence-electron chi connectivity index (χ1n) is 6.40. The minimum Gasteiger partial charge on any atom is -0.387 e. The molecule has 0 bridgehead atoms. The van der Waals surface area contributed by atoms with E-state index in [4.69, 9.17) is 25.2 Å². The fourth-order valence-corrected chi connectivity index (χ4v) is 4.43. The second-order valence-electron chi connectivity index (χ2n) is 4.85. The van der Waals surface area contributed by atoms with Crippen molar-refractivity contribution in [3.63, 3.8) is 0 Å². The number of thiazole rings is 1. The Labute approximate surface area is 143 Å². The predicted octanol–water partition coefficient (Wildman–Crippen LogP) is -1.37. The van der Waals surface area contributed by atoms with Crippen molar-refractivity contribution in [3.8, 4) is 0 Å². The van der Waals surface area contributed by atoms with Gasteiger partial charge in [-0.25, -0.2) is 14.1 Å². The van der Waals surface area contributed by atoms with Crippen molar-refractivity contribution >= 4 is 32.9 Å². The lowest BCUT2D eigenvalue weighted by atomic mass is 10.1. The summed E-state index contributed by atoms with van der Waals surface area (Å²) in [6.45, 7) is -0.823. The zero-order valence-electron chi connectivity index (χ0n) is 12.1. The first kappa shape index (κ1) is 20.6. The third-order valence-corrected chi connectivity index (χ3v) is 6.05. The molecule has 1 unspecified atom stereocenters. The lowest BCUT2D eigenvalue weighted by molar-refractivity contribution is -0.0223. The normalized spacial score (nSPS) is 29.5. The van der Waals surface area contributed by atoms with Gasteiger partial charge in [-0.3, -0.25) is 9.32 Å². The van der Waals surface area contributed by atoms with Gasteiger partial charge in [0, 0.05) is 5.38 Å². The summed E-state index contributed by atoms with van der Waals surface area (Å²) in [5, 5.41) is 21.3. The Morgan fingerprint density at radius 2 is 1.96 bits per heavy atom. The maximum absolute atomic E-state index is 11.4. The molecule has 1 aliphatic rings. The molecule has 0 aliphatic carbocycles. The van der Waals surface area contributed by atoms with Crippen molar-refractivity contribution in [1.29, 1.82) is 0 Å². The lowest BCUT2D eigenvalue weighted by Gasteiger charge is -2.17. The molecule has 1 aromatic heterocycles. The number of phosphoric ester groups is 1. The quantitative estimate of drug-likeness (QED) is 0.281. The molecule has 16 heteroatoms. The van der Waals surface area contributed by atoms with Gasteiger partial charge in [0.05, 0.1) is 6.61 Å². The smallest absolute Gasteiger partial charge is 0.387 e. The number of hydrogen-bond donors (Lipinski definition) is 6. The van der Waals surface area contributed by atoms with Gasteiger partial charge >= 0.3 is 15.6 Å². The van der Waals surface area contributed by atoms with E-state index in [1.807, 2.05) is 0 Å². The molecule has 25 heavy (non-hydrogen) atoms. The molecule has 0 saturated carbocycles. The van der Waals surface area contributed by atoms with E-state index >= 15 is 0 Å². The monoisotopic (exact) mass is 420 g/mol. The van der Waals surface area contributed by atoms with Crippen LogP contribution in [0.4, 0.5) is 0 Å². The Morgan fingerprint density at radius 3 is 2.48 bits per heavy atom.